The van der Waals surface area contributed by atoms with Gasteiger partial charge in [-0.1, -0.05) is 45.4 Å². The number of hydrogen-bond donors (Lipinski definition) is 0. The monoisotopic (exact) mass is 582 g/mol. The first-order valence-electron chi connectivity index (χ1n) is 13.6. The largest absolute Gasteiger partial charge is 0.389 e. The van der Waals surface area contributed by atoms with Crippen LogP contribution in [0.15, 0.2) is 0 Å². The second-order valence-corrected chi connectivity index (χ2v) is 10.5. The average Bonchev–Trinajstić information content (AvgIpc) is 2.71. The Hall–Kier alpha value is -0.840. The standard InChI is InChI=1S/C26H42F12/c1-2-3-4-5-6-7-12-21(13-8-17-23(27,28)29)22(14-9-18-24(30,31)32,15-10-19-25(33,34)35)16-11-20-26(36,37)38/h21H,2-20H2,1H3. The van der Waals surface area contributed by atoms with E-state index in [-0.39, 0.29) is 38.5 Å². The quantitative estimate of drug-likeness (QED) is 0.0990. The molecular weight excluding hydrogens is 540 g/mol. The molecule has 0 nitrogen and oxygen atoms in total. The molecule has 0 aromatic rings. The lowest BCUT2D eigenvalue weighted by molar-refractivity contribution is -0.144. The van der Waals surface area contributed by atoms with Crippen molar-refractivity contribution in [2.45, 2.75) is 154 Å². The van der Waals surface area contributed by atoms with Crippen molar-refractivity contribution in [2.24, 2.45) is 11.3 Å². The topological polar surface area (TPSA) is 0 Å². The minimum Gasteiger partial charge on any atom is -0.171 e. The molecular formula is C26H42F12. The first-order chi connectivity index (χ1) is 17.3. The van der Waals surface area contributed by atoms with Gasteiger partial charge in [-0.15, -0.1) is 0 Å². The summed E-state index contributed by atoms with van der Waals surface area (Å²) >= 11 is 0. The van der Waals surface area contributed by atoms with E-state index in [2.05, 4.69) is 0 Å². The number of halogens is 12. The Morgan fingerprint density at radius 3 is 1.05 bits per heavy atom. The Bertz CT molecular complexity index is 537. The maximum Gasteiger partial charge on any atom is 0.389 e. The fourth-order valence-electron chi connectivity index (χ4n) is 5.39. The summed E-state index contributed by atoms with van der Waals surface area (Å²) in [6.07, 6.45) is -20.7. The average molecular weight is 583 g/mol. The Kier molecular flexibility index (Phi) is 16.7. The van der Waals surface area contributed by atoms with Gasteiger partial charge in [-0.25, -0.2) is 0 Å². The van der Waals surface area contributed by atoms with Gasteiger partial charge in [-0.05, 0) is 69.1 Å². The summed E-state index contributed by atoms with van der Waals surface area (Å²) in [5.41, 5.74) is -1.32. The molecule has 0 saturated heterocycles. The van der Waals surface area contributed by atoms with E-state index in [1.54, 1.807) is 0 Å². The van der Waals surface area contributed by atoms with Gasteiger partial charge in [0.2, 0.25) is 0 Å². The number of unbranched alkanes of at least 4 members (excludes halogenated alkanes) is 5. The minimum absolute atomic E-state index is 0.0987. The van der Waals surface area contributed by atoms with Gasteiger partial charge >= 0.3 is 24.7 Å². The van der Waals surface area contributed by atoms with Crippen LogP contribution in [-0.4, -0.2) is 24.7 Å². The highest BCUT2D eigenvalue weighted by Crippen LogP contribution is 2.49. The molecule has 1 atom stereocenters. The van der Waals surface area contributed by atoms with Crippen molar-refractivity contribution in [2.75, 3.05) is 0 Å². The smallest absolute Gasteiger partial charge is 0.171 e. The maximum atomic E-state index is 12.9. The lowest BCUT2D eigenvalue weighted by atomic mass is 9.62. The molecule has 0 rings (SSSR count). The molecule has 0 aromatic carbocycles. The van der Waals surface area contributed by atoms with Gasteiger partial charge in [0.05, 0.1) is 0 Å². The molecule has 0 aliphatic carbocycles. The molecule has 0 aromatic heterocycles. The number of alkyl halides is 12. The van der Waals surface area contributed by atoms with Crippen molar-refractivity contribution < 1.29 is 52.7 Å². The first kappa shape index (κ1) is 37.2. The maximum absolute atomic E-state index is 12.9. The molecule has 1 unspecified atom stereocenters. The van der Waals surface area contributed by atoms with Gasteiger partial charge in [0.1, 0.15) is 0 Å². The first-order valence-corrected chi connectivity index (χ1v) is 13.6. The molecule has 0 fully saturated rings. The Morgan fingerprint density at radius 2 is 0.684 bits per heavy atom. The van der Waals surface area contributed by atoms with E-state index >= 15 is 0 Å². The van der Waals surface area contributed by atoms with Crippen LogP contribution in [0.5, 0.6) is 0 Å². The summed E-state index contributed by atoms with van der Waals surface area (Å²) in [7, 11) is 0. The zero-order chi connectivity index (χ0) is 29.5. The molecule has 0 radical (unpaired) electrons. The predicted molar refractivity (Wildman–Crippen MR) is 124 cm³/mol. The SMILES string of the molecule is CCCCCCCCC(CCCC(F)(F)F)C(CCCC(F)(F)F)(CCCC(F)(F)F)CCCC(F)(F)F. The molecule has 0 N–H and O–H groups in total. The Balaban J connectivity index is 5.99. The van der Waals surface area contributed by atoms with Gasteiger partial charge < -0.3 is 0 Å². The normalized spacial score (nSPS) is 14.8. The van der Waals surface area contributed by atoms with Crippen LogP contribution in [0.2, 0.25) is 0 Å². The van der Waals surface area contributed by atoms with E-state index in [1.165, 1.54) is 0 Å². The van der Waals surface area contributed by atoms with Crippen molar-refractivity contribution >= 4 is 0 Å². The fraction of sp³-hybridized carbons (Fsp3) is 1.00. The molecule has 0 aliphatic rings. The lowest BCUT2D eigenvalue weighted by Gasteiger charge is -2.43. The summed E-state index contributed by atoms with van der Waals surface area (Å²) in [5.74, 6) is -0.689. The van der Waals surface area contributed by atoms with Crippen molar-refractivity contribution in [3.8, 4) is 0 Å². The summed E-state index contributed by atoms with van der Waals surface area (Å²) < 4.78 is 155. The van der Waals surface area contributed by atoms with Crippen LogP contribution >= 0.6 is 0 Å². The van der Waals surface area contributed by atoms with Gasteiger partial charge in [0.25, 0.3) is 0 Å². The zero-order valence-electron chi connectivity index (χ0n) is 22.0. The van der Waals surface area contributed by atoms with Crippen molar-refractivity contribution in [1.82, 2.24) is 0 Å². The van der Waals surface area contributed by atoms with Crippen molar-refractivity contribution in [3.63, 3.8) is 0 Å². The highest BCUT2D eigenvalue weighted by molar-refractivity contribution is 4.88. The van der Waals surface area contributed by atoms with E-state index in [0.29, 0.717) is 12.8 Å². The second kappa shape index (κ2) is 17.1. The number of rotatable bonds is 20. The molecule has 0 aliphatic heterocycles. The van der Waals surface area contributed by atoms with Gasteiger partial charge in [-0.3, -0.25) is 0 Å². The number of hydrogen-bond acceptors (Lipinski definition) is 0. The van der Waals surface area contributed by atoms with Crippen molar-refractivity contribution in [3.05, 3.63) is 0 Å². The van der Waals surface area contributed by atoms with Crippen LogP contribution in [0.3, 0.4) is 0 Å². The lowest BCUT2D eigenvalue weighted by Crippen LogP contribution is -2.33. The molecule has 230 valence electrons. The van der Waals surface area contributed by atoms with Crippen LogP contribution in [0.1, 0.15) is 129 Å². The van der Waals surface area contributed by atoms with E-state index in [0.717, 1.165) is 25.7 Å². The summed E-state index contributed by atoms with van der Waals surface area (Å²) in [4.78, 5) is 0. The van der Waals surface area contributed by atoms with Gasteiger partial charge in [0.15, 0.2) is 0 Å². The Morgan fingerprint density at radius 1 is 0.368 bits per heavy atom. The van der Waals surface area contributed by atoms with Gasteiger partial charge in [0, 0.05) is 25.7 Å². The van der Waals surface area contributed by atoms with E-state index in [1.807, 2.05) is 6.92 Å². The molecule has 0 bridgehead atoms. The molecule has 12 heteroatoms. The molecule has 0 heterocycles. The minimum atomic E-state index is -4.56. The molecule has 38 heavy (non-hydrogen) atoms. The van der Waals surface area contributed by atoms with Gasteiger partial charge in [-0.2, -0.15) is 52.7 Å². The van der Waals surface area contributed by atoms with Crippen LogP contribution < -0.4 is 0 Å². The Labute approximate surface area is 218 Å². The summed E-state index contributed by atoms with van der Waals surface area (Å²) in [5, 5.41) is 0. The predicted octanol–water partition coefficient (Wildman–Crippen LogP) is 12.3. The summed E-state index contributed by atoms with van der Waals surface area (Å²) in [6, 6.07) is 0. The highest BCUT2D eigenvalue weighted by atomic mass is 19.4. The third-order valence-corrected chi connectivity index (χ3v) is 7.19. The van der Waals surface area contributed by atoms with Crippen LogP contribution in [0.4, 0.5) is 52.7 Å². The van der Waals surface area contributed by atoms with E-state index in [4.69, 9.17) is 0 Å². The van der Waals surface area contributed by atoms with Crippen LogP contribution in [-0.2, 0) is 0 Å². The zero-order valence-corrected chi connectivity index (χ0v) is 22.0. The summed E-state index contributed by atoms with van der Waals surface area (Å²) in [6.45, 7) is 2.01. The van der Waals surface area contributed by atoms with E-state index in [9.17, 15) is 52.7 Å². The van der Waals surface area contributed by atoms with E-state index < -0.39 is 81.0 Å². The second-order valence-electron chi connectivity index (χ2n) is 10.5. The highest BCUT2D eigenvalue weighted by Gasteiger charge is 2.41. The van der Waals surface area contributed by atoms with Crippen LogP contribution in [0, 0.1) is 11.3 Å². The fourth-order valence-corrected chi connectivity index (χ4v) is 5.39. The molecule has 0 amide bonds. The van der Waals surface area contributed by atoms with Crippen molar-refractivity contribution in [1.29, 1.82) is 0 Å². The van der Waals surface area contributed by atoms with Crippen LogP contribution in [0.25, 0.3) is 0 Å². The third-order valence-electron chi connectivity index (χ3n) is 7.19. The molecule has 0 spiro atoms. The molecule has 0 saturated carbocycles. The third kappa shape index (κ3) is 21.0.